The number of benzene rings is 1. The number of nitrogens with one attached hydrogen (secondary N) is 1. The van der Waals surface area contributed by atoms with Gasteiger partial charge in [0.15, 0.2) is 17.3 Å². The lowest BCUT2D eigenvalue weighted by molar-refractivity contribution is 0.0994. The Morgan fingerprint density at radius 3 is 2.84 bits per heavy atom. The third kappa shape index (κ3) is 3.91. The Morgan fingerprint density at radius 1 is 1.28 bits per heavy atom. The third-order valence-corrected chi connectivity index (χ3v) is 4.46. The monoisotopic (exact) mass is 342 g/mol. The Labute approximate surface area is 146 Å². The highest BCUT2D eigenvalue weighted by molar-refractivity contribution is 6.00. The molecule has 2 aromatic rings. The maximum Gasteiger partial charge on any atom is 0.165 e. The lowest BCUT2D eigenvalue weighted by atomic mass is 9.99. The van der Waals surface area contributed by atoms with Gasteiger partial charge < -0.3 is 20.3 Å². The largest absolute Gasteiger partial charge is 0.504 e. The highest BCUT2D eigenvalue weighted by Crippen LogP contribution is 2.27. The molecule has 1 heterocycles. The standard InChI is InChI=1S/C19H22N2O4/c1-25-18-6-2-12(9-17(18)24)8-13(11-22)10-20-19-7-3-14-15(21-19)4-5-16(14)23/h2-3,6-7,9,13,22,24H,4-5,8,10-11H2,1H3,(H,20,21). The smallest absolute Gasteiger partial charge is 0.165 e. The number of carbonyl (C=O) groups excluding carboxylic acids is 1. The first-order valence-corrected chi connectivity index (χ1v) is 8.34. The summed E-state index contributed by atoms with van der Waals surface area (Å²) in [6, 6.07) is 8.86. The van der Waals surface area contributed by atoms with Crippen LogP contribution in [0.5, 0.6) is 11.5 Å². The molecule has 0 radical (unpaired) electrons. The zero-order valence-electron chi connectivity index (χ0n) is 14.2. The van der Waals surface area contributed by atoms with Crippen molar-refractivity contribution < 1.29 is 19.7 Å². The van der Waals surface area contributed by atoms with E-state index in [2.05, 4.69) is 10.3 Å². The van der Waals surface area contributed by atoms with E-state index in [4.69, 9.17) is 4.74 Å². The van der Waals surface area contributed by atoms with Crippen LogP contribution in [-0.4, -0.2) is 41.2 Å². The van der Waals surface area contributed by atoms with E-state index in [1.165, 1.54) is 7.11 Å². The second-order valence-electron chi connectivity index (χ2n) is 6.25. The van der Waals surface area contributed by atoms with Gasteiger partial charge >= 0.3 is 0 Å². The molecule has 25 heavy (non-hydrogen) atoms. The molecule has 1 aromatic carbocycles. The van der Waals surface area contributed by atoms with Gasteiger partial charge in [0.05, 0.1) is 12.8 Å². The van der Waals surface area contributed by atoms with Crippen molar-refractivity contribution in [2.24, 2.45) is 5.92 Å². The van der Waals surface area contributed by atoms with Gasteiger partial charge in [-0.2, -0.15) is 0 Å². The van der Waals surface area contributed by atoms with Crippen molar-refractivity contribution in [2.75, 3.05) is 25.6 Å². The number of aromatic nitrogens is 1. The molecular weight excluding hydrogens is 320 g/mol. The average molecular weight is 342 g/mol. The molecule has 0 saturated carbocycles. The number of methoxy groups -OCH3 is 1. The van der Waals surface area contributed by atoms with Crippen molar-refractivity contribution >= 4 is 11.6 Å². The fourth-order valence-electron chi connectivity index (χ4n) is 3.06. The summed E-state index contributed by atoms with van der Waals surface area (Å²) >= 11 is 0. The summed E-state index contributed by atoms with van der Waals surface area (Å²) in [5.74, 6) is 1.37. The Bertz CT molecular complexity index is 776. The number of hydrogen-bond donors (Lipinski definition) is 3. The van der Waals surface area contributed by atoms with Gasteiger partial charge in [-0.1, -0.05) is 6.07 Å². The number of fused-ring (bicyclic) bond motifs is 1. The second kappa shape index (κ2) is 7.53. The molecule has 6 nitrogen and oxygen atoms in total. The molecule has 0 saturated heterocycles. The number of Topliss-reactive ketones (excluding diaryl/α,β-unsaturated/α-hetero) is 1. The summed E-state index contributed by atoms with van der Waals surface area (Å²) in [4.78, 5) is 16.1. The first kappa shape index (κ1) is 17.2. The molecule has 1 unspecified atom stereocenters. The molecule has 0 amide bonds. The van der Waals surface area contributed by atoms with Crippen LogP contribution >= 0.6 is 0 Å². The first-order valence-electron chi connectivity index (χ1n) is 8.34. The van der Waals surface area contributed by atoms with Gasteiger partial charge in [0.1, 0.15) is 5.82 Å². The van der Waals surface area contributed by atoms with Crippen molar-refractivity contribution in [3.63, 3.8) is 0 Å². The van der Waals surface area contributed by atoms with E-state index < -0.39 is 0 Å². The number of pyridine rings is 1. The molecule has 1 aliphatic carbocycles. The Hall–Kier alpha value is -2.60. The van der Waals surface area contributed by atoms with Gasteiger partial charge in [-0.05, 0) is 42.7 Å². The van der Waals surface area contributed by atoms with E-state index in [1.54, 1.807) is 18.2 Å². The molecule has 1 aromatic heterocycles. The van der Waals surface area contributed by atoms with E-state index in [1.807, 2.05) is 12.1 Å². The number of anilines is 1. The maximum atomic E-state index is 11.6. The van der Waals surface area contributed by atoms with Crippen LogP contribution < -0.4 is 10.1 Å². The minimum Gasteiger partial charge on any atom is -0.504 e. The quantitative estimate of drug-likeness (QED) is 0.714. The number of ether oxygens (including phenoxy) is 1. The third-order valence-electron chi connectivity index (χ3n) is 4.46. The van der Waals surface area contributed by atoms with E-state index in [-0.39, 0.29) is 24.1 Å². The fourth-order valence-corrected chi connectivity index (χ4v) is 3.06. The molecule has 6 heteroatoms. The van der Waals surface area contributed by atoms with Crippen LogP contribution in [0.2, 0.25) is 0 Å². The zero-order valence-corrected chi connectivity index (χ0v) is 14.2. The molecule has 0 aliphatic heterocycles. The Balaban J connectivity index is 1.61. The summed E-state index contributed by atoms with van der Waals surface area (Å²) in [6.45, 7) is 0.562. The molecule has 3 N–H and O–H groups in total. The summed E-state index contributed by atoms with van der Waals surface area (Å²) < 4.78 is 5.04. The van der Waals surface area contributed by atoms with E-state index in [9.17, 15) is 15.0 Å². The van der Waals surface area contributed by atoms with Gasteiger partial charge in [-0.3, -0.25) is 4.79 Å². The number of hydrogen-bond acceptors (Lipinski definition) is 6. The SMILES string of the molecule is COc1ccc(CC(CO)CNc2ccc3c(n2)CCC3=O)cc1O. The number of aliphatic hydroxyl groups excluding tert-OH is 1. The first-order chi connectivity index (χ1) is 12.1. The summed E-state index contributed by atoms with van der Waals surface area (Å²) in [7, 11) is 1.51. The molecule has 1 atom stereocenters. The van der Waals surface area contributed by atoms with Crippen molar-refractivity contribution in [3.05, 3.63) is 47.2 Å². The van der Waals surface area contributed by atoms with Gasteiger partial charge in [0, 0.05) is 31.1 Å². The molecule has 3 rings (SSSR count). The molecule has 0 spiro atoms. The zero-order chi connectivity index (χ0) is 17.8. The van der Waals surface area contributed by atoms with Crippen LogP contribution in [-0.2, 0) is 12.8 Å². The predicted octanol–water partition coefficient (Wildman–Crippen LogP) is 2.19. The van der Waals surface area contributed by atoms with Gasteiger partial charge in [-0.15, -0.1) is 0 Å². The van der Waals surface area contributed by atoms with Crippen LogP contribution in [0.15, 0.2) is 30.3 Å². The van der Waals surface area contributed by atoms with Crippen LogP contribution in [0.4, 0.5) is 5.82 Å². The van der Waals surface area contributed by atoms with Crippen LogP contribution in [0.1, 0.15) is 28.0 Å². The van der Waals surface area contributed by atoms with Crippen LogP contribution in [0.3, 0.4) is 0 Å². The van der Waals surface area contributed by atoms with Gasteiger partial charge in [0.25, 0.3) is 0 Å². The number of nitrogens with zero attached hydrogens (tertiary/aromatic N) is 1. The number of phenolic OH excluding ortho intramolecular Hbond substituents is 1. The topological polar surface area (TPSA) is 91.7 Å². The highest BCUT2D eigenvalue weighted by atomic mass is 16.5. The number of ketones is 1. The van der Waals surface area contributed by atoms with E-state index in [0.717, 1.165) is 16.8 Å². The molecule has 0 bridgehead atoms. The van der Waals surface area contributed by atoms with Crippen molar-refractivity contribution in [1.82, 2.24) is 4.98 Å². The predicted molar refractivity (Wildman–Crippen MR) is 94.3 cm³/mol. The molecule has 132 valence electrons. The minimum absolute atomic E-state index is 0.0171. The van der Waals surface area contributed by atoms with Gasteiger partial charge in [0.2, 0.25) is 0 Å². The lowest BCUT2D eigenvalue weighted by Crippen LogP contribution is -2.21. The minimum atomic E-state index is -0.0236. The molecular formula is C19H22N2O4. The number of aliphatic hydroxyl groups is 1. The number of aryl methyl sites for hydroxylation is 1. The van der Waals surface area contributed by atoms with E-state index in [0.29, 0.717) is 37.4 Å². The van der Waals surface area contributed by atoms with Crippen LogP contribution in [0.25, 0.3) is 0 Å². The van der Waals surface area contributed by atoms with Crippen molar-refractivity contribution in [1.29, 1.82) is 0 Å². The highest BCUT2D eigenvalue weighted by Gasteiger charge is 2.21. The Kier molecular flexibility index (Phi) is 5.19. The van der Waals surface area contributed by atoms with Crippen LogP contribution in [0, 0.1) is 5.92 Å². The van der Waals surface area contributed by atoms with E-state index >= 15 is 0 Å². The summed E-state index contributed by atoms with van der Waals surface area (Å²) in [6.07, 6.45) is 1.84. The molecule has 1 aliphatic rings. The molecule has 0 fully saturated rings. The van der Waals surface area contributed by atoms with Gasteiger partial charge in [-0.25, -0.2) is 4.98 Å². The number of aromatic hydroxyl groups is 1. The number of rotatable bonds is 7. The fraction of sp³-hybridized carbons (Fsp3) is 0.368. The number of phenols is 1. The summed E-state index contributed by atoms with van der Waals surface area (Å²) in [5.41, 5.74) is 2.49. The number of carbonyl (C=O) groups is 1. The summed E-state index contributed by atoms with van der Waals surface area (Å²) in [5, 5.41) is 22.7. The maximum absolute atomic E-state index is 11.6. The average Bonchev–Trinajstić information content (AvgIpc) is 2.99. The normalized spacial score (nSPS) is 14.2. The Morgan fingerprint density at radius 2 is 2.12 bits per heavy atom. The van der Waals surface area contributed by atoms with Crippen molar-refractivity contribution in [2.45, 2.75) is 19.3 Å². The van der Waals surface area contributed by atoms with Crippen molar-refractivity contribution in [3.8, 4) is 11.5 Å². The lowest BCUT2D eigenvalue weighted by Gasteiger charge is -2.16. The second-order valence-corrected chi connectivity index (χ2v) is 6.25.